The standard InChI is InChI=1S/C10H14.C10H16.C7H14.2C4H10.3C2H6.CH4/c1-3-9-5-7-10(4-2)8-6-9;1-7(2)9(5)10(6)8(3)4;1-4-5-6-7(2)3;2*1-3-4-2;3*1-2;/h5-8H,3-4H2,1-2H3;1,3H2,2,4-6H3;2,4-6H2,1,3H3;2*3-4H2,1-2H3;3*1-2H3;1H4/b;10-9-;;;;;;;. The molecule has 0 saturated carbocycles. The quantitative estimate of drug-likeness (QED) is 0.198. The second-order valence-corrected chi connectivity index (χ2v) is 9.39. The van der Waals surface area contributed by atoms with Gasteiger partial charge in [0.15, 0.2) is 0 Å². The Labute approximate surface area is 272 Å². The molecule has 0 aliphatic heterocycles. The fourth-order valence-corrected chi connectivity index (χ4v) is 2.13. The molecule has 42 heavy (non-hydrogen) atoms. The highest BCUT2D eigenvalue weighted by molar-refractivity contribution is 5.38. The van der Waals surface area contributed by atoms with Gasteiger partial charge in [-0.15, -0.1) is 6.58 Å². The average molecular weight is 591 g/mol. The van der Waals surface area contributed by atoms with Crippen LogP contribution in [0.3, 0.4) is 0 Å². The zero-order valence-corrected chi connectivity index (χ0v) is 32.3. The number of unbranched alkanes of at least 4 members (excludes halogenated alkanes) is 3. The Morgan fingerprint density at radius 2 is 0.714 bits per heavy atom. The van der Waals surface area contributed by atoms with Gasteiger partial charge in [-0.05, 0) is 82.6 Å². The molecule has 0 fully saturated rings. The van der Waals surface area contributed by atoms with Gasteiger partial charge in [0, 0.05) is 0 Å². The number of hydrogen-bond donors (Lipinski definition) is 0. The molecule has 0 unspecified atom stereocenters. The van der Waals surface area contributed by atoms with E-state index in [4.69, 9.17) is 0 Å². The summed E-state index contributed by atoms with van der Waals surface area (Å²) in [5, 5.41) is 0. The highest BCUT2D eigenvalue weighted by atomic mass is 14.0. The number of aryl methyl sites for hydroxylation is 2. The van der Waals surface area contributed by atoms with Crippen LogP contribution in [0.4, 0.5) is 0 Å². The zero-order valence-electron chi connectivity index (χ0n) is 32.3. The Hall–Kier alpha value is -1.82. The smallest absolute Gasteiger partial charge is 0.0307 e. The lowest BCUT2D eigenvalue weighted by atomic mass is 10.0. The van der Waals surface area contributed by atoms with Crippen LogP contribution in [0.15, 0.2) is 71.9 Å². The van der Waals surface area contributed by atoms with Crippen molar-refractivity contribution >= 4 is 0 Å². The number of benzene rings is 1. The van der Waals surface area contributed by atoms with E-state index < -0.39 is 0 Å². The van der Waals surface area contributed by atoms with Crippen LogP contribution in [-0.4, -0.2) is 0 Å². The largest absolute Gasteiger partial charge is 0.100 e. The summed E-state index contributed by atoms with van der Waals surface area (Å²) in [5.41, 5.74) is 8.93. The molecule has 0 spiro atoms. The van der Waals surface area contributed by atoms with E-state index in [0.717, 1.165) is 24.0 Å². The molecular formula is C42H86. The summed E-state index contributed by atoms with van der Waals surface area (Å²) in [6.07, 6.45) is 11.4. The van der Waals surface area contributed by atoms with Crippen molar-refractivity contribution in [2.75, 3.05) is 0 Å². The maximum Gasteiger partial charge on any atom is -0.0307 e. The van der Waals surface area contributed by atoms with Gasteiger partial charge < -0.3 is 0 Å². The lowest BCUT2D eigenvalue weighted by Crippen LogP contribution is -1.85. The average Bonchev–Trinajstić information content (AvgIpc) is 3.02. The molecule has 254 valence electrons. The van der Waals surface area contributed by atoms with Crippen molar-refractivity contribution in [1.82, 2.24) is 0 Å². The molecule has 0 saturated heterocycles. The first-order chi connectivity index (χ1) is 19.4. The zero-order chi connectivity index (χ0) is 34.2. The summed E-state index contributed by atoms with van der Waals surface area (Å²) in [6.45, 7) is 49.1. The van der Waals surface area contributed by atoms with Gasteiger partial charge >= 0.3 is 0 Å². The second-order valence-electron chi connectivity index (χ2n) is 9.39. The topological polar surface area (TPSA) is 0 Å². The molecule has 0 amide bonds. The number of rotatable bonds is 9. The monoisotopic (exact) mass is 591 g/mol. The number of allylic oxidation sites excluding steroid dienone is 5. The molecule has 0 aliphatic carbocycles. The minimum absolute atomic E-state index is 0. The van der Waals surface area contributed by atoms with Gasteiger partial charge in [-0.1, -0.05) is 184 Å². The van der Waals surface area contributed by atoms with E-state index in [1.165, 1.54) is 72.8 Å². The SMILES string of the molecule is C.C=C(C)/C(C)=C(/C)C(=C)C.C=C(C)CCCC.CC.CC.CC.CCCC.CCCC.CCc1ccc(CC)cc1. The molecule has 1 rings (SSSR count). The first kappa shape index (κ1) is 59.6. The summed E-state index contributed by atoms with van der Waals surface area (Å²) >= 11 is 0. The molecular weight excluding hydrogens is 504 g/mol. The van der Waals surface area contributed by atoms with Crippen molar-refractivity contribution in [2.45, 2.75) is 190 Å². The predicted molar refractivity (Wildman–Crippen MR) is 209 cm³/mol. The Bertz CT molecular complexity index is 599. The Morgan fingerprint density at radius 1 is 0.476 bits per heavy atom. The normalized spacial score (nSPS) is 8.62. The van der Waals surface area contributed by atoms with Gasteiger partial charge in [-0.2, -0.15) is 0 Å². The lowest BCUT2D eigenvalue weighted by molar-refractivity contribution is 0.789. The molecule has 1 aromatic rings. The predicted octanol–water partition coefficient (Wildman–Crippen LogP) is 16.4. The van der Waals surface area contributed by atoms with Crippen LogP contribution < -0.4 is 0 Å². The van der Waals surface area contributed by atoms with Crippen LogP contribution in [0.25, 0.3) is 0 Å². The Kier molecular flexibility index (Phi) is 78.2. The van der Waals surface area contributed by atoms with E-state index in [1.807, 2.05) is 55.4 Å². The van der Waals surface area contributed by atoms with Crippen molar-refractivity contribution in [3.05, 3.63) is 83.0 Å². The lowest BCUT2D eigenvalue weighted by Gasteiger charge is -2.05. The highest BCUT2D eigenvalue weighted by Gasteiger charge is 1.96. The fraction of sp³-hybridized carbons (Fsp3) is 0.667. The van der Waals surface area contributed by atoms with E-state index >= 15 is 0 Å². The van der Waals surface area contributed by atoms with Gasteiger partial charge in [0.05, 0.1) is 0 Å². The Morgan fingerprint density at radius 3 is 0.810 bits per heavy atom. The second kappa shape index (κ2) is 55.2. The van der Waals surface area contributed by atoms with Gasteiger partial charge in [0.2, 0.25) is 0 Å². The molecule has 0 heteroatoms. The molecule has 0 aromatic heterocycles. The summed E-state index contributed by atoms with van der Waals surface area (Å²) in [7, 11) is 0. The minimum Gasteiger partial charge on any atom is -0.100 e. The van der Waals surface area contributed by atoms with Crippen LogP contribution in [0, 0.1) is 0 Å². The minimum atomic E-state index is 0. The third-order valence-corrected chi connectivity index (χ3v) is 5.64. The first-order valence-electron chi connectivity index (χ1n) is 17.1. The van der Waals surface area contributed by atoms with E-state index in [9.17, 15) is 0 Å². The maximum atomic E-state index is 3.86. The highest BCUT2D eigenvalue weighted by Crippen LogP contribution is 2.16. The molecule has 0 radical (unpaired) electrons. The fourth-order valence-electron chi connectivity index (χ4n) is 2.13. The van der Waals surface area contributed by atoms with Crippen LogP contribution in [0.1, 0.15) is 188 Å². The van der Waals surface area contributed by atoms with Crippen molar-refractivity contribution in [3.63, 3.8) is 0 Å². The molecule has 0 aliphatic rings. The van der Waals surface area contributed by atoms with Gasteiger partial charge in [-0.25, -0.2) is 0 Å². The van der Waals surface area contributed by atoms with Crippen molar-refractivity contribution < 1.29 is 0 Å². The molecule has 0 heterocycles. The van der Waals surface area contributed by atoms with E-state index in [2.05, 4.69) is 113 Å². The third kappa shape index (κ3) is 57.9. The van der Waals surface area contributed by atoms with Crippen molar-refractivity contribution in [2.24, 2.45) is 0 Å². The van der Waals surface area contributed by atoms with E-state index in [0.29, 0.717) is 0 Å². The maximum absolute atomic E-state index is 3.86. The van der Waals surface area contributed by atoms with Crippen molar-refractivity contribution in [1.29, 1.82) is 0 Å². The van der Waals surface area contributed by atoms with Crippen LogP contribution in [0.5, 0.6) is 0 Å². The Balaban J connectivity index is -0.0000000566. The van der Waals surface area contributed by atoms with Crippen LogP contribution in [0.2, 0.25) is 0 Å². The summed E-state index contributed by atoms with van der Waals surface area (Å²) in [6, 6.07) is 8.83. The molecule has 0 atom stereocenters. The van der Waals surface area contributed by atoms with Crippen molar-refractivity contribution in [3.8, 4) is 0 Å². The van der Waals surface area contributed by atoms with Crippen LogP contribution >= 0.6 is 0 Å². The molecule has 0 nitrogen and oxygen atoms in total. The van der Waals surface area contributed by atoms with Gasteiger partial charge in [0.25, 0.3) is 0 Å². The molecule has 0 N–H and O–H groups in total. The molecule has 0 bridgehead atoms. The van der Waals surface area contributed by atoms with Crippen LogP contribution in [-0.2, 0) is 12.8 Å². The van der Waals surface area contributed by atoms with Gasteiger partial charge in [-0.3, -0.25) is 0 Å². The third-order valence-electron chi connectivity index (χ3n) is 5.64. The van der Waals surface area contributed by atoms with E-state index in [-0.39, 0.29) is 7.43 Å². The summed E-state index contributed by atoms with van der Waals surface area (Å²) in [4.78, 5) is 0. The molecule has 1 aromatic carbocycles. The summed E-state index contributed by atoms with van der Waals surface area (Å²) in [5.74, 6) is 0. The summed E-state index contributed by atoms with van der Waals surface area (Å²) < 4.78 is 0. The number of hydrogen-bond acceptors (Lipinski definition) is 0. The first-order valence-corrected chi connectivity index (χ1v) is 17.1. The van der Waals surface area contributed by atoms with Gasteiger partial charge in [0.1, 0.15) is 0 Å². The van der Waals surface area contributed by atoms with E-state index in [1.54, 1.807) is 0 Å².